The molecule has 0 bridgehead atoms. The summed E-state index contributed by atoms with van der Waals surface area (Å²) in [4.78, 5) is 0. The number of halogens is 2. The molecular formula is C12H15BrFNS. The Kier molecular flexibility index (Phi) is 3.34. The highest BCUT2D eigenvalue weighted by Gasteiger charge is 2.36. The lowest BCUT2D eigenvalue weighted by Crippen LogP contribution is -2.38. The van der Waals surface area contributed by atoms with Gasteiger partial charge in [-0.05, 0) is 38.6 Å². The number of rotatable bonds is 1. The van der Waals surface area contributed by atoms with Gasteiger partial charge in [0.2, 0.25) is 0 Å². The molecule has 1 nitrogen and oxygen atoms in total. The van der Waals surface area contributed by atoms with E-state index < -0.39 is 0 Å². The third-order valence-electron chi connectivity index (χ3n) is 3.08. The van der Waals surface area contributed by atoms with Crippen molar-refractivity contribution in [3.63, 3.8) is 0 Å². The molecule has 4 heteroatoms. The summed E-state index contributed by atoms with van der Waals surface area (Å²) in [5.41, 5.74) is 1.92. The highest BCUT2D eigenvalue weighted by atomic mass is 79.9. The van der Waals surface area contributed by atoms with Crippen LogP contribution >= 0.6 is 27.7 Å². The molecular weight excluding hydrogens is 289 g/mol. The van der Waals surface area contributed by atoms with Gasteiger partial charge in [0.1, 0.15) is 5.82 Å². The van der Waals surface area contributed by atoms with E-state index in [1.165, 1.54) is 0 Å². The number of hydrogen-bond acceptors (Lipinski definition) is 2. The summed E-state index contributed by atoms with van der Waals surface area (Å²) in [6, 6.07) is 3.76. The Labute approximate surface area is 108 Å². The van der Waals surface area contributed by atoms with Crippen molar-refractivity contribution in [2.24, 2.45) is 0 Å². The summed E-state index contributed by atoms with van der Waals surface area (Å²) in [6.07, 6.45) is 0. The molecule has 16 heavy (non-hydrogen) atoms. The molecule has 1 unspecified atom stereocenters. The molecule has 0 amide bonds. The number of benzene rings is 1. The van der Waals surface area contributed by atoms with Crippen molar-refractivity contribution in [1.29, 1.82) is 0 Å². The number of nitrogens with one attached hydrogen (secondary N) is 1. The van der Waals surface area contributed by atoms with E-state index in [-0.39, 0.29) is 16.6 Å². The Morgan fingerprint density at radius 3 is 2.81 bits per heavy atom. The molecule has 0 saturated carbocycles. The van der Waals surface area contributed by atoms with Crippen molar-refractivity contribution in [1.82, 2.24) is 5.32 Å². The smallest absolute Gasteiger partial charge is 0.128 e. The molecule has 1 aromatic rings. The quantitative estimate of drug-likeness (QED) is 0.845. The van der Waals surface area contributed by atoms with Crippen LogP contribution in [-0.2, 0) is 5.75 Å². The Bertz CT molecular complexity index is 420. The van der Waals surface area contributed by atoms with E-state index in [1.807, 2.05) is 13.1 Å². The molecule has 0 aliphatic carbocycles. The topological polar surface area (TPSA) is 12.0 Å². The molecule has 1 N–H and O–H groups in total. The lowest BCUT2D eigenvalue weighted by molar-refractivity contribution is 0.468. The van der Waals surface area contributed by atoms with Gasteiger partial charge in [0, 0.05) is 26.6 Å². The molecule has 0 aromatic heterocycles. The second-order valence-corrected chi connectivity index (χ2v) is 7.11. The molecule has 1 heterocycles. The first-order valence-corrected chi connectivity index (χ1v) is 7.02. The zero-order valence-corrected chi connectivity index (χ0v) is 12.0. The van der Waals surface area contributed by atoms with Gasteiger partial charge in [-0.15, -0.1) is 11.8 Å². The van der Waals surface area contributed by atoms with Crippen molar-refractivity contribution >= 4 is 27.7 Å². The van der Waals surface area contributed by atoms with Crippen LogP contribution in [0.2, 0.25) is 0 Å². The van der Waals surface area contributed by atoms with Crippen LogP contribution in [0.15, 0.2) is 16.6 Å². The van der Waals surface area contributed by atoms with Gasteiger partial charge in [-0.1, -0.05) is 15.9 Å². The number of hydrogen-bond donors (Lipinski definition) is 1. The van der Waals surface area contributed by atoms with Crippen LogP contribution in [0.25, 0.3) is 0 Å². The van der Waals surface area contributed by atoms with E-state index in [1.54, 1.807) is 17.8 Å². The zero-order chi connectivity index (χ0) is 11.9. The minimum atomic E-state index is -0.104. The Morgan fingerprint density at radius 2 is 2.19 bits per heavy atom. The third kappa shape index (κ3) is 2.03. The van der Waals surface area contributed by atoms with Crippen LogP contribution in [0.4, 0.5) is 4.39 Å². The molecule has 0 spiro atoms. The maximum atomic E-state index is 13.8. The summed E-state index contributed by atoms with van der Waals surface area (Å²) < 4.78 is 14.7. The lowest BCUT2D eigenvalue weighted by Gasteiger charge is -2.39. The lowest BCUT2D eigenvalue weighted by atomic mass is 9.91. The van der Waals surface area contributed by atoms with Crippen LogP contribution in [0.5, 0.6) is 0 Å². The molecule has 0 saturated heterocycles. The highest BCUT2D eigenvalue weighted by Crippen LogP contribution is 2.46. The predicted molar refractivity (Wildman–Crippen MR) is 71.3 cm³/mol. The second kappa shape index (κ2) is 4.31. The summed E-state index contributed by atoms with van der Waals surface area (Å²) in [6.45, 7) is 4.39. The summed E-state index contributed by atoms with van der Waals surface area (Å²) in [5.74, 6) is 0.646. The fraction of sp³-hybridized carbons (Fsp3) is 0.500. The van der Waals surface area contributed by atoms with Gasteiger partial charge < -0.3 is 5.32 Å². The summed E-state index contributed by atoms with van der Waals surface area (Å²) in [5, 5.41) is 3.30. The normalized spacial score (nSPS) is 22.9. The van der Waals surface area contributed by atoms with Gasteiger partial charge in [0.15, 0.2) is 0 Å². The molecule has 0 fully saturated rings. The first-order chi connectivity index (χ1) is 7.45. The Balaban J connectivity index is 2.57. The monoisotopic (exact) mass is 303 g/mol. The number of thioether (sulfide) groups is 1. The molecule has 0 radical (unpaired) electrons. The first-order valence-electron chi connectivity index (χ1n) is 5.25. The van der Waals surface area contributed by atoms with Crippen LogP contribution in [-0.4, -0.2) is 11.8 Å². The highest BCUT2D eigenvalue weighted by molar-refractivity contribution is 9.10. The first kappa shape index (κ1) is 12.4. The summed E-state index contributed by atoms with van der Waals surface area (Å²) in [7, 11) is 1.93. The van der Waals surface area contributed by atoms with Crippen molar-refractivity contribution in [3.05, 3.63) is 33.5 Å². The fourth-order valence-electron chi connectivity index (χ4n) is 2.25. The SMILES string of the molecule is CNC1c2cc(Br)cc(F)c2CSC1(C)C. The minimum absolute atomic E-state index is 0.0922. The van der Waals surface area contributed by atoms with Gasteiger partial charge >= 0.3 is 0 Å². The fourth-order valence-corrected chi connectivity index (χ4v) is 3.93. The van der Waals surface area contributed by atoms with Crippen molar-refractivity contribution < 1.29 is 4.39 Å². The molecule has 1 atom stereocenters. The van der Waals surface area contributed by atoms with Crippen molar-refractivity contribution in [3.8, 4) is 0 Å². The van der Waals surface area contributed by atoms with E-state index in [4.69, 9.17) is 0 Å². The van der Waals surface area contributed by atoms with Crippen LogP contribution in [0, 0.1) is 5.82 Å². The van der Waals surface area contributed by atoms with E-state index in [0.717, 1.165) is 21.4 Å². The predicted octanol–water partition coefficient (Wildman–Crippen LogP) is 3.87. The van der Waals surface area contributed by atoms with Gasteiger partial charge in [0.25, 0.3) is 0 Å². The van der Waals surface area contributed by atoms with Crippen molar-refractivity contribution in [2.75, 3.05) is 7.05 Å². The number of fused-ring (bicyclic) bond motifs is 1. The molecule has 1 aliphatic rings. The summed E-state index contributed by atoms with van der Waals surface area (Å²) >= 11 is 5.16. The maximum absolute atomic E-state index is 13.8. The Hall–Kier alpha value is -0.0600. The minimum Gasteiger partial charge on any atom is -0.312 e. The standard InChI is InChI=1S/C12H15BrFNS/c1-12(2)11(15-3)8-4-7(13)5-10(14)9(8)6-16-12/h4-5,11,15H,6H2,1-3H3. The van der Waals surface area contributed by atoms with E-state index in [2.05, 4.69) is 35.1 Å². The Morgan fingerprint density at radius 1 is 1.50 bits per heavy atom. The van der Waals surface area contributed by atoms with Gasteiger partial charge in [0.05, 0.1) is 0 Å². The van der Waals surface area contributed by atoms with Crippen LogP contribution < -0.4 is 5.32 Å². The largest absolute Gasteiger partial charge is 0.312 e. The van der Waals surface area contributed by atoms with E-state index >= 15 is 0 Å². The third-order valence-corrected chi connectivity index (χ3v) is 4.95. The van der Waals surface area contributed by atoms with E-state index in [9.17, 15) is 4.39 Å². The van der Waals surface area contributed by atoms with Crippen molar-refractivity contribution in [2.45, 2.75) is 30.4 Å². The van der Waals surface area contributed by atoms with Gasteiger partial charge in [-0.3, -0.25) is 0 Å². The van der Waals surface area contributed by atoms with Crippen LogP contribution in [0.1, 0.15) is 31.0 Å². The average molecular weight is 304 g/mol. The molecule has 1 aliphatic heterocycles. The van der Waals surface area contributed by atoms with Gasteiger partial charge in [-0.2, -0.15) is 0 Å². The zero-order valence-electron chi connectivity index (χ0n) is 9.60. The second-order valence-electron chi connectivity index (χ2n) is 4.57. The average Bonchev–Trinajstić information content (AvgIpc) is 2.15. The van der Waals surface area contributed by atoms with E-state index in [0.29, 0.717) is 0 Å². The molecule has 2 rings (SSSR count). The molecule has 88 valence electrons. The van der Waals surface area contributed by atoms with Crippen LogP contribution in [0.3, 0.4) is 0 Å². The maximum Gasteiger partial charge on any atom is 0.128 e. The molecule has 1 aromatic carbocycles. The van der Waals surface area contributed by atoms with Gasteiger partial charge in [-0.25, -0.2) is 4.39 Å².